The molecule has 12 heteroatoms. The number of allylic oxidation sites excluding steroid dienone is 8. The quantitative estimate of drug-likeness (QED) is 0.0200. The summed E-state index contributed by atoms with van der Waals surface area (Å²) in [6.07, 6.45) is 51.3. The first-order valence-electron chi connectivity index (χ1n) is 24.7. The molecule has 62 heavy (non-hydrogen) atoms. The lowest BCUT2D eigenvalue weighted by molar-refractivity contribution is -0.147. The van der Waals surface area contributed by atoms with Gasteiger partial charge in [-0.15, -0.1) is 0 Å². The molecule has 0 aromatic heterocycles. The molecule has 3 atom stereocenters. The first-order valence-corrected chi connectivity index (χ1v) is 26.2. The second kappa shape index (κ2) is 45.0. The highest BCUT2D eigenvalue weighted by Crippen LogP contribution is 2.43. The van der Waals surface area contributed by atoms with Crippen molar-refractivity contribution in [3.05, 3.63) is 48.6 Å². The van der Waals surface area contributed by atoms with E-state index in [2.05, 4.69) is 67.8 Å². The minimum atomic E-state index is -4.76. The number of amides is 1. The summed E-state index contributed by atoms with van der Waals surface area (Å²) in [6, 6.07) is -1.55. The number of phosphoric ester groups is 1. The summed E-state index contributed by atoms with van der Waals surface area (Å²) < 4.78 is 26.9. The highest BCUT2D eigenvalue weighted by atomic mass is 31.2. The number of hydrogen-bond donors (Lipinski definition) is 4. The summed E-state index contributed by atoms with van der Waals surface area (Å²) in [5.74, 6) is -2.39. The smallest absolute Gasteiger partial charge is 0.472 e. The van der Waals surface area contributed by atoms with Gasteiger partial charge in [0.1, 0.15) is 12.7 Å². The van der Waals surface area contributed by atoms with Crippen LogP contribution >= 0.6 is 7.82 Å². The summed E-state index contributed by atoms with van der Waals surface area (Å²) in [5, 5.41) is 21.9. The second-order valence-corrected chi connectivity index (χ2v) is 18.1. The molecule has 0 saturated heterocycles. The van der Waals surface area contributed by atoms with Crippen LogP contribution < -0.4 is 5.32 Å². The Morgan fingerprint density at radius 1 is 0.516 bits per heavy atom. The standard InChI is InChI=1S/C50H90NO10P/c1-3-5-7-9-11-13-15-17-19-20-21-22-23-24-25-26-28-30-32-34-36-38-40-42-49(54)59-43-46(52)44-60-62(57,58)61-45-47(50(55)56)51-48(53)41-39-37-35-33-31-29-27-18-16-14-12-10-8-6-4-2/h11-14,17-19,27,46-47,52H,3-10,15-16,20-26,28-45H2,1-2H3,(H,51,53)(H,55,56)(H,57,58)/b13-11-,14-12-,19-17-,27-18-. The Morgan fingerprint density at radius 2 is 0.887 bits per heavy atom. The van der Waals surface area contributed by atoms with E-state index in [0.717, 1.165) is 70.6 Å². The number of unbranched alkanes of at least 4 members (excludes halogenated alkanes) is 24. The third kappa shape index (κ3) is 44.1. The highest BCUT2D eigenvalue weighted by molar-refractivity contribution is 7.47. The molecule has 0 heterocycles. The molecule has 1 amide bonds. The molecule has 0 rings (SSSR count). The fraction of sp³-hybridized carbons (Fsp3) is 0.780. The molecule has 0 spiro atoms. The third-order valence-electron chi connectivity index (χ3n) is 10.6. The third-order valence-corrected chi connectivity index (χ3v) is 11.5. The van der Waals surface area contributed by atoms with E-state index < -0.39 is 57.6 Å². The minimum absolute atomic E-state index is 0.129. The largest absolute Gasteiger partial charge is 0.480 e. The normalized spacial score (nSPS) is 14.0. The second-order valence-electron chi connectivity index (χ2n) is 16.6. The Balaban J connectivity index is 3.82. The van der Waals surface area contributed by atoms with Gasteiger partial charge in [0.05, 0.1) is 13.2 Å². The zero-order valence-electron chi connectivity index (χ0n) is 39.2. The number of aliphatic carboxylic acids is 1. The minimum Gasteiger partial charge on any atom is -0.480 e. The van der Waals surface area contributed by atoms with Crippen LogP contribution in [0, 0.1) is 0 Å². The lowest BCUT2D eigenvalue weighted by Gasteiger charge is -2.18. The topological polar surface area (TPSA) is 169 Å². The number of nitrogens with one attached hydrogen (secondary N) is 1. The maximum absolute atomic E-state index is 12.3. The molecule has 0 fully saturated rings. The molecule has 11 nitrogen and oxygen atoms in total. The number of hydrogen-bond acceptors (Lipinski definition) is 8. The molecular weight excluding hydrogens is 806 g/mol. The Bertz CT molecular complexity index is 1240. The van der Waals surface area contributed by atoms with Crippen molar-refractivity contribution in [1.29, 1.82) is 0 Å². The van der Waals surface area contributed by atoms with Crippen LogP contribution in [0.2, 0.25) is 0 Å². The van der Waals surface area contributed by atoms with Crippen LogP contribution in [0.25, 0.3) is 0 Å². The number of rotatable bonds is 46. The Hall–Kier alpha value is -2.56. The van der Waals surface area contributed by atoms with Gasteiger partial charge in [-0.1, -0.05) is 178 Å². The predicted octanol–water partition coefficient (Wildman–Crippen LogP) is 13.3. The number of carbonyl (C=O) groups excluding carboxylic acids is 2. The molecule has 0 aliphatic heterocycles. The molecular formula is C50H90NO10P. The SMILES string of the molecule is CCCCC/C=C\C/C=C\CCCCCCCCCCCCCCCC(=O)OCC(O)COP(=O)(O)OCC(NC(=O)CCCCCCC/C=C\C/C=C\CCCCC)C(=O)O. The van der Waals surface area contributed by atoms with Gasteiger partial charge in [0.15, 0.2) is 6.04 Å². The van der Waals surface area contributed by atoms with Crippen molar-refractivity contribution in [1.82, 2.24) is 5.32 Å². The average molecular weight is 896 g/mol. The number of phosphoric acid groups is 1. The number of ether oxygens (including phenoxy) is 1. The van der Waals surface area contributed by atoms with E-state index in [1.165, 1.54) is 109 Å². The fourth-order valence-electron chi connectivity index (χ4n) is 6.73. The van der Waals surface area contributed by atoms with Gasteiger partial charge in [0.25, 0.3) is 0 Å². The molecule has 0 aliphatic carbocycles. The van der Waals surface area contributed by atoms with Crippen molar-refractivity contribution in [2.75, 3.05) is 19.8 Å². The summed E-state index contributed by atoms with van der Waals surface area (Å²) in [5.41, 5.74) is 0. The summed E-state index contributed by atoms with van der Waals surface area (Å²) in [7, 11) is -4.76. The Labute approximate surface area is 377 Å². The molecule has 360 valence electrons. The van der Waals surface area contributed by atoms with Gasteiger partial charge in [-0.2, -0.15) is 0 Å². The molecule has 4 N–H and O–H groups in total. The van der Waals surface area contributed by atoms with Gasteiger partial charge in [0, 0.05) is 12.8 Å². The van der Waals surface area contributed by atoms with Crippen LogP contribution in [-0.2, 0) is 32.7 Å². The zero-order chi connectivity index (χ0) is 45.6. The van der Waals surface area contributed by atoms with Crippen molar-refractivity contribution in [3.63, 3.8) is 0 Å². The number of carboxylic acids is 1. The molecule has 0 radical (unpaired) electrons. The lowest BCUT2D eigenvalue weighted by atomic mass is 10.0. The average Bonchev–Trinajstić information content (AvgIpc) is 3.25. The van der Waals surface area contributed by atoms with Crippen molar-refractivity contribution < 1.29 is 47.8 Å². The van der Waals surface area contributed by atoms with Crippen molar-refractivity contribution in [2.45, 2.75) is 231 Å². The van der Waals surface area contributed by atoms with Crippen LogP contribution in [-0.4, -0.2) is 64.9 Å². The Kier molecular flexibility index (Phi) is 43.2. The van der Waals surface area contributed by atoms with Gasteiger partial charge in [-0.3, -0.25) is 18.6 Å². The molecule has 0 aromatic rings. The molecule has 0 aromatic carbocycles. The number of aliphatic hydroxyl groups is 1. The first kappa shape index (κ1) is 59.4. The van der Waals surface area contributed by atoms with E-state index in [1.807, 2.05) is 0 Å². The van der Waals surface area contributed by atoms with Gasteiger partial charge in [-0.25, -0.2) is 9.36 Å². The van der Waals surface area contributed by atoms with Crippen molar-refractivity contribution in [2.24, 2.45) is 0 Å². The van der Waals surface area contributed by atoms with Gasteiger partial charge in [-0.05, 0) is 77.0 Å². The molecule has 0 aliphatic rings. The van der Waals surface area contributed by atoms with Crippen molar-refractivity contribution >= 4 is 25.7 Å². The monoisotopic (exact) mass is 896 g/mol. The Morgan fingerprint density at radius 3 is 1.31 bits per heavy atom. The van der Waals surface area contributed by atoms with E-state index in [0.29, 0.717) is 12.8 Å². The number of carbonyl (C=O) groups is 3. The van der Waals surface area contributed by atoms with Crippen LogP contribution in [0.15, 0.2) is 48.6 Å². The summed E-state index contributed by atoms with van der Waals surface area (Å²) >= 11 is 0. The van der Waals surface area contributed by atoms with Gasteiger partial charge < -0.3 is 25.2 Å². The predicted molar refractivity (Wildman–Crippen MR) is 254 cm³/mol. The maximum atomic E-state index is 12.3. The van der Waals surface area contributed by atoms with Crippen molar-refractivity contribution in [3.8, 4) is 0 Å². The van der Waals surface area contributed by atoms with E-state index in [1.54, 1.807) is 0 Å². The van der Waals surface area contributed by atoms with Crippen LogP contribution in [0.1, 0.15) is 219 Å². The number of carboxylic acid groups (broad SMARTS) is 1. The van der Waals surface area contributed by atoms with E-state index in [-0.39, 0.29) is 12.8 Å². The number of aliphatic hydroxyl groups excluding tert-OH is 1. The molecule has 3 unspecified atom stereocenters. The van der Waals surface area contributed by atoms with E-state index in [4.69, 9.17) is 13.8 Å². The fourth-order valence-corrected chi connectivity index (χ4v) is 7.50. The first-order chi connectivity index (χ1) is 30.1. The molecule has 0 saturated carbocycles. The van der Waals surface area contributed by atoms with Crippen LogP contribution in [0.4, 0.5) is 0 Å². The van der Waals surface area contributed by atoms with Crippen LogP contribution in [0.3, 0.4) is 0 Å². The van der Waals surface area contributed by atoms with E-state index in [9.17, 15) is 34.1 Å². The van der Waals surface area contributed by atoms with Gasteiger partial charge in [0.2, 0.25) is 5.91 Å². The highest BCUT2D eigenvalue weighted by Gasteiger charge is 2.28. The number of esters is 1. The van der Waals surface area contributed by atoms with E-state index >= 15 is 0 Å². The lowest BCUT2D eigenvalue weighted by Crippen LogP contribution is -2.43. The molecule has 0 bridgehead atoms. The van der Waals surface area contributed by atoms with Crippen LogP contribution in [0.5, 0.6) is 0 Å². The summed E-state index contributed by atoms with van der Waals surface area (Å²) in [4.78, 5) is 46.0. The zero-order valence-corrected chi connectivity index (χ0v) is 40.1. The van der Waals surface area contributed by atoms with Gasteiger partial charge >= 0.3 is 19.8 Å². The maximum Gasteiger partial charge on any atom is 0.472 e. The summed E-state index contributed by atoms with van der Waals surface area (Å²) in [6.45, 7) is 2.55.